The van der Waals surface area contributed by atoms with E-state index in [9.17, 15) is 13.2 Å². The smallest absolute Gasteiger partial charge is 0.223 e. The van der Waals surface area contributed by atoms with Gasteiger partial charge in [-0.1, -0.05) is 13.8 Å². The molecule has 136 valence electrons. The lowest BCUT2D eigenvalue weighted by Crippen LogP contribution is -2.45. The molecule has 0 spiro atoms. The first kappa shape index (κ1) is 20.7. The first-order valence-electron chi connectivity index (χ1n) is 8.57. The Labute approximate surface area is 146 Å². The summed E-state index contributed by atoms with van der Waals surface area (Å²) in [5.74, 6) is 1.16. The summed E-state index contributed by atoms with van der Waals surface area (Å²) in [4.78, 5) is 14.0. The molecule has 1 amide bonds. The van der Waals surface area contributed by atoms with Crippen LogP contribution >= 0.6 is 12.4 Å². The number of likely N-dealkylation sites (tertiary alicyclic amines) is 1. The lowest BCUT2D eigenvalue weighted by molar-refractivity contribution is -0.131. The Hall–Kier alpha value is -0.330. The number of rotatable bonds is 8. The molecule has 0 radical (unpaired) electrons. The first-order chi connectivity index (χ1) is 10.4. The molecule has 0 atom stereocenters. The minimum atomic E-state index is -3.10. The number of amides is 1. The molecule has 0 bridgehead atoms. The SMILES string of the molecule is CC(C)CS(=O)(=O)CCC(=O)N1CCC(NCC2CC2)CC1.Cl. The number of hydrogen-bond acceptors (Lipinski definition) is 4. The van der Waals surface area contributed by atoms with Gasteiger partial charge in [0.1, 0.15) is 0 Å². The van der Waals surface area contributed by atoms with Crippen molar-refractivity contribution in [1.82, 2.24) is 10.2 Å². The minimum absolute atomic E-state index is 0. The third kappa shape index (κ3) is 7.86. The van der Waals surface area contributed by atoms with Gasteiger partial charge in [0, 0.05) is 25.6 Å². The quantitative estimate of drug-likeness (QED) is 0.712. The normalized spacial score (nSPS) is 19.7. The van der Waals surface area contributed by atoms with Crippen LogP contribution < -0.4 is 5.32 Å². The van der Waals surface area contributed by atoms with E-state index in [0.29, 0.717) is 6.04 Å². The average molecular weight is 367 g/mol. The molecule has 1 aliphatic heterocycles. The van der Waals surface area contributed by atoms with Crippen LogP contribution in [0.1, 0.15) is 46.0 Å². The monoisotopic (exact) mass is 366 g/mol. The summed E-state index contributed by atoms with van der Waals surface area (Å²) in [6.45, 7) is 6.40. The summed E-state index contributed by atoms with van der Waals surface area (Å²) in [6, 6.07) is 0.523. The minimum Gasteiger partial charge on any atom is -0.343 e. The lowest BCUT2D eigenvalue weighted by Gasteiger charge is -2.32. The zero-order valence-corrected chi connectivity index (χ0v) is 15.9. The molecule has 7 heteroatoms. The molecule has 1 saturated heterocycles. The fraction of sp³-hybridized carbons (Fsp3) is 0.938. The highest BCUT2D eigenvalue weighted by Gasteiger charge is 2.26. The van der Waals surface area contributed by atoms with E-state index in [1.807, 2.05) is 18.7 Å². The van der Waals surface area contributed by atoms with Gasteiger partial charge in [-0.2, -0.15) is 0 Å². The molecular formula is C16H31ClN2O3S. The Morgan fingerprint density at radius 3 is 2.30 bits per heavy atom. The maximum absolute atomic E-state index is 12.2. The molecule has 1 saturated carbocycles. The first-order valence-corrected chi connectivity index (χ1v) is 10.4. The standard InChI is InChI=1S/C16H30N2O3S.ClH/c1-13(2)12-22(20,21)10-7-16(19)18-8-5-15(6-9-18)17-11-14-3-4-14;/h13-15,17H,3-12H2,1-2H3;1H. The van der Waals surface area contributed by atoms with Crippen LogP contribution in [0.25, 0.3) is 0 Å². The molecule has 0 unspecified atom stereocenters. The molecule has 23 heavy (non-hydrogen) atoms. The zero-order chi connectivity index (χ0) is 16.2. The lowest BCUT2D eigenvalue weighted by atomic mass is 10.0. The molecular weight excluding hydrogens is 336 g/mol. The van der Waals surface area contributed by atoms with Gasteiger partial charge in [0.15, 0.2) is 9.84 Å². The fourth-order valence-corrected chi connectivity index (χ4v) is 4.65. The van der Waals surface area contributed by atoms with E-state index in [-0.39, 0.29) is 42.2 Å². The second-order valence-electron chi connectivity index (χ2n) is 7.26. The number of carbonyl (C=O) groups excluding carboxylic acids is 1. The van der Waals surface area contributed by atoms with Crippen molar-refractivity contribution in [2.75, 3.05) is 31.1 Å². The van der Waals surface area contributed by atoms with Crippen LogP contribution in [0, 0.1) is 11.8 Å². The van der Waals surface area contributed by atoms with Gasteiger partial charge in [-0.05, 0) is 44.1 Å². The molecule has 2 rings (SSSR count). The van der Waals surface area contributed by atoms with E-state index in [0.717, 1.165) is 38.4 Å². The highest BCUT2D eigenvalue weighted by Crippen LogP contribution is 2.28. The maximum Gasteiger partial charge on any atom is 0.223 e. The van der Waals surface area contributed by atoms with E-state index in [2.05, 4.69) is 5.32 Å². The van der Waals surface area contributed by atoms with Crippen LogP contribution in [0.2, 0.25) is 0 Å². The van der Waals surface area contributed by atoms with Crippen LogP contribution in [-0.4, -0.2) is 56.4 Å². The van der Waals surface area contributed by atoms with Gasteiger partial charge in [-0.15, -0.1) is 12.4 Å². The Bertz CT molecular complexity index is 470. The van der Waals surface area contributed by atoms with Crippen molar-refractivity contribution in [3.8, 4) is 0 Å². The van der Waals surface area contributed by atoms with E-state index < -0.39 is 9.84 Å². The number of hydrogen-bond donors (Lipinski definition) is 1. The Kier molecular flexibility index (Phi) is 8.31. The Morgan fingerprint density at radius 1 is 1.17 bits per heavy atom. The van der Waals surface area contributed by atoms with Gasteiger partial charge in [0.2, 0.25) is 5.91 Å². The van der Waals surface area contributed by atoms with E-state index in [1.165, 1.54) is 12.8 Å². The highest BCUT2D eigenvalue weighted by molar-refractivity contribution is 7.91. The molecule has 1 N–H and O–H groups in total. The highest BCUT2D eigenvalue weighted by atomic mass is 35.5. The molecule has 5 nitrogen and oxygen atoms in total. The number of sulfone groups is 1. The van der Waals surface area contributed by atoms with Crippen molar-refractivity contribution in [3.63, 3.8) is 0 Å². The van der Waals surface area contributed by atoms with Crippen molar-refractivity contribution in [1.29, 1.82) is 0 Å². The van der Waals surface area contributed by atoms with E-state index >= 15 is 0 Å². The predicted molar refractivity (Wildman–Crippen MR) is 95.7 cm³/mol. The third-order valence-electron chi connectivity index (χ3n) is 4.45. The van der Waals surface area contributed by atoms with Crippen molar-refractivity contribution >= 4 is 28.2 Å². The topological polar surface area (TPSA) is 66.5 Å². The molecule has 1 aliphatic carbocycles. The van der Waals surface area contributed by atoms with Crippen molar-refractivity contribution in [2.45, 2.75) is 52.0 Å². The van der Waals surface area contributed by atoms with Gasteiger partial charge < -0.3 is 10.2 Å². The number of carbonyl (C=O) groups is 1. The summed E-state index contributed by atoms with van der Waals surface area (Å²) < 4.78 is 23.7. The summed E-state index contributed by atoms with van der Waals surface area (Å²) in [7, 11) is -3.10. The molecule has 0 aromatic rings. The molecule has 2 aliphatic rings. The summed E-state index contributed by atoms with van der Waals surface area (Å²) in [6.07, 6.45) is 4.81. The number of halogens is 1. The third-order valence-corrected chi connectivity index (χ3v) is 6.45. The number of nitrogens with one attached hydrogen (secondary N) is 1. The van der Waals surface area contributed by atoms with Crippen LogP contribution in [-0.2, 0) is 14.6 Å². The summed E-state index contributed by atoms with van der Waals surface area (Å²) in [5, 5.41) is 3.59. The molecule has 0 aromatic carbocycles. The van der Waals surface area contributed by atoms with E-state index in [4.69, 9.17) is 0 Å². The van der Waals surface area contributed by atoms with Crippen LogP contribution in [0.5, 0.6) is 0 Å². The number of nitrogens with zero attached hydrogens (tertiary/aromatic N) is 1. The Balaban J connectivity index is 0.00000264. The van der Waals surface area contributed by atoms with Gasteiger partial charge >= 0.3 is 0 Å². The largest absolute Gasteiger partial charge is 0.343 e. The summed E-state index contributed by atoms with van der Waals surface area (Å²) in [5.41, 5.74) is 0. The second kappa shape index (κ2) is 9.23. The summed E-state index contributed by atoms with van der Waals surface area (Å²) >= 11 is 0. The molecule has 2 fully saturated rings. The van der Waals surface area contributed by atoms with Crippen LogP contribution in [0.3, 0.4) is 0 Å². The molecule has 1 heterocycles. The van der Waals surface area contributed by atoms with Crippen molar-refractivity contribution in [2.24, 2.45) is 11.8 Å². The Morgan fingerprint density at radius 2 is 1.78 bits per heavy atom. The van der Waals surface area contributed by atoms with E-state index in [1.54, 1.807) is 0 Å². The van der Waals surface area contributed by atoms with Gasteiger partial charge in [-0.25, -0.2) is 8.42 Å². The fourth-order valence-electron chi connectivity index (χ4n) is 2.98. The number of piperidine rings is 1. The average Bonchev–Trinajstić information content (AvgIpc) is 3.26. The second-order valence-corrected chi connectivity index (χ2v) is 9.49. The zero-order valence-electron chi connectivity index (χ0n) is 14.3. The van der Waals surface area contributed by atoms with Crippen molar-refractivity contribution in [3.05, 3.63) is 0 Å². The van der Waals surface area contributed by atoms with Gasteiger partial charge in [-0.3, -0.25) is 4.79 Å². The van der Waals surface area contributed by atoms with Crippen molar-refractivity contribution < 1.29 is 13.2 Å². The van der Waals surface area contributed by atoms with Crippen LogP contribution in [0.15, 0.2) is 0 Å². The van der Waals surface area contributed by atoms with Gasteiger partial charge in [0.05, 0.1) is 11.5 Å². The van der Waals surface area contributed by atoms with Gasteiger partial charge in [0.25, 0.3) is 0 Å². The van der Waals surface area contributed by atoms with Crippen LogP contribution in [0.4, 0.5) is 0 Å². The molecule has 0 aromatic heterocycles. The predicted octanol–water partition coefficient (Wildman–Crippen LogP) is 1.86. The maximum atomic E-state index is 12.2.